The molecule has 1 atom stereocenters. The minimum atomic E-state index is -0.647. The van der Waals surface area contributed by atoms with Crippen molar-refractivity contribution in [2.45, 2.75) is 12.8 Å². The van der Waals surface area contributed by atoms with Gasteiger partial charge in [-0.05, 0) is 31.5 Å². The fraction of sp³-hybridized carbons (Fsp3) is 0.500. The molecule has 84 valence electrons. The number of hydrogen-bond acceptors (Lipinski definition) is 2. The third kappa shape index (κ3) is 6.42. The van der Waals surface area contributed by atoms with Crippen LogP contribution in [0.5, 0.6) is 0 Å². The Morgan fingerprint density at radius 1 is 1.20 bits per heavy atom. The van der Waals surface area contributed by atoms with Crippen LogP contribution in [0.25, 0.3) is 0 Å². The van der Waals surface area contributed by atoms with Gasteiger partial charge in [0.2, 0.25) is 0 Å². The second-order valence-corrected chi connectivity index (χ2v) is 5.17. The highest BCUT2D eigenvalue weighted by molar-refractivity contribution is 7.84. The molecule has 0 radical (unpaired) electrons. The van der Waals surface area contributed by atoms with Crippen LogP contribution >= 0.6 is 0 Å². The van der Waals surface area contributed by atoms with E-state index in [4.69, 9.17) is 0 Å². The van der Waals surface area contributed by atoms with Crippen molar-refractivity contribution >= 4 is 10.8 Å². The molecule has 0 bridgehead atoms. The molecule has 0 saturated heterocycles. The zero-order valence-corrected chi connectivity index (χ0v) is 10.1. The van der Waals surface area contributed by atoms with Crippen molar-refractivity contribution in [3.63, 3.8) is 0 Å². The van der Waals surface area contributed by atoms with Gasteiger partial charge in [0.15, 0.2) is 0 Å². The van der Waals surface area contributed by atoms with Crippen LogP contribution in [0.15, 0.2) is 30.3 Å². The van der Waals surface area contributed by atoms with Crippen molar-refractivity contribution in [1.29, 1.82) is 0 Å². The molecule has 1 unspecified atom stereocenters. The maximum Gasteiger partial charge on any atom is 0.0244 e. The molecule has 1 aromatic carbocycles. The Morgan fingerprint density at radius 2 is 1.93 bits per heavy atom. The topological polar surface area (TPSA) is 29.1 Å². The highest BCUT2D eigenvalue weighted by Crippen LogP contribution is 1.97. The van der Waals surface area contributed by atoms with E-state index in [0.29, 0.717) is 0 Å². The average Bonchev–Trinajstić information content (AvgIpc) is 2.24. The van der Waals surface area contributed by atoms with Crippen LogP contribution in [0.2, 0.25) is 0 Å². The highest BCUT2D eigenvalue weighted by atomic mass is 32.2. The Kier molecular flexibility index (Phi) is 6.28. The average molecular weight is 225 g/mol. The lowest BCUT2D eigenvalue weighted by molar-refractivity contribution is 0.660. The molecule has 2 nitrogen and oxygen atoms in total. The monoisotopic (exact) mass is 225 g/mol. The summed E-state index contributed by atoms with van der Waals surface area (Å²) in [5.74, 6) is 0.804. The molecule has 0 saturated carbocycles. The van der Waals surface area contributed by atoms with E-state index in [2.05, 4.69) is 29.6 Å². The first kappa shape index (κ1) is 12.4. The molecule has 0 aliphatic carbocycles. The molecule has 1 rings (SSSR count). The van der Waals surface area contributed by atoms with Crippen molar-refractivity contribution in [3.8, 4) is 0 Å². The zero-order valence-electron chi connectivity index (χ0n) is 9.24. The Balaban J connectivity index is 2.00. The molecule has 3 heteroatoms. The minimum Gasteiger partial charge on any atom is -0.316 e. The van der Waals surface area contributed by atoms with Gasteiger partial charge in [-0.1, -0.05) is 30.3 Å². The largest absolute Gasteiger partial charge is 0.316 e. The van der Waals surface area contributed by atoms with Gasteiger partial charge in [0, 0.05) is 22.8 Å². The van der Waals surface area contributed by atoms with Gasteiger partial charge in [-0.3, -0.25) is 4.21 Å². The predicted octanol–water partition coefficient (Wildman–Crippen LogP) is 1.59. The van der Waals surface area contributed by atoms with Crippen LogP contribution in [-0.2, 0) is 17.2 Å². The molecule has 0 amide bonds. The van der Waals surface area contributed by atoms with E-state index in [1.54, 1.807) is 6.26 Å². The lowest BCUT2D eigenvalue weighted by atomic mass is 10.1. The quantitative estimate of drug-likeness (QED) is 0.714. The van der Waals surface area contributed by atoms with Gasteiger partial charge < -0.3 is 5.32 Å². The third-order valence-electron chi connectivity index (χ3n) is 2.22. The molecule has 1 N–H and O–H groups in total. The Labute approximate surface area is 94.5 Å². The van der Waals surface area contributed by atoms with Crippen molar-refractivity contribution < 1.29 is 4.21 Å². The summed E-state index contributed by atoms with van der Waals surface area (Å²) < 4.78 is 10.8. The van der Waals surface area contributed by atoms with E-state index in [1.807, 2.05) is 6.07 Å². The van der Waals surface area contributed by atoms with Gasteiger partial charge in [-0.15, -0.1) is 0 Å². The smallest absolute Gasteiger partial charge is 0.0244 e. The summed E-state index contributed by atoms with van der Waals surface area (Å²) in [4.78, 5) is 0. The number of nitrogens with one attached hydrogen (secondary N) is 1. The molecule has 15 heavy (non-hydrogen) atoms. The number of benzene rings is 1. The van der Waals surface area contributed by atoms with Crippen molar-refractivity contribution in [1.82, 2.24) is 5.32 Å². The SMILES string of the molecule is CS(=O)CCCNCCc1ccccc1. The molecule has 0 aliphatic rings. The van der Waals surface area contributed by atoms with Gasteiger partial charge in [0.1, 0.15) is 0 Å². The van der Waals surface area contributed by atoms with Crippen LogP contribution in [-0.4, -0.2) is 29.3 Å². The van der Waals surface area contributed by atoms with Crippen LogP contribution in [0.3, 0.4) is 0 Å². The van der Waals surface area contributed by atoms with Crippen molar-refractivity contribution in [3.05, 3.63) is 35.9 Å². The Bertz CT molecular complexity index is 287. The minimum absolute atomic E-state index is 0.647. The van der Waals surface area contributed by atoms with Crippen LogP contribution in [0.1, 0.15) is 12.0 Å². The summed E-state index contributed by atoms with van der Waals surface area (Å²) in [6, 6.07) is 10.4. The molecule has 0 heterocycles. The summed E-state index contributed by atoms with van der Waals surface area (Å²) in [5.41, 5.74) is 1.36. The summed E-state index contributed by atoms with van der Waals surface area (Å²) in [7, 11) is -0.647. The van der Waals surface area contributed by atoms with E-state index < -0.39 is 10.8 Å². The molecule has 0 aromatic heterocycles. The summed E-state index contributed by atoms with van der Waals surface area (Å²) in [5, 5.41) is 3.35. The van der Waals surface area contributed by atoms with Gasteiger partial charge in [-0.25, -0.2) is 0 Å². The second kappa shape index (κ2) is 7.60. The van der Waals surface area contributed by atoms with E-state index in [9.17, 15) is 4.21 Å². The standard InChI is InChI=1S/C12H19NOS/c1-15(14)11-5-9-13-10-8-12-6-3-2-4-7-12/h2-4,6-7,13H,5,8-11H2,1H3. The lowest BCUT2D eigenvalue weighted by Crippen LogP contribution is -2.19. The number of hydrogen-bond donors (Lipinski definition) is 1. The molecule has 0 spiro atoms. The Hall–Kier alpha value is -0.670. The molecule has 1 aromatic rings. The second-order valence-electron chi connectivity index (χ2n) is 3.62. The van der Waals surface area contributed by atoms with Crippen LogP contribution < -0.4 is 5.32 Å². The van der Waals surface area contributed by atoms with E-state index in [0.717, 1.165) is 31.7 Å². The number of rotatable bonds is 7. The zero-order chi connectivity index (χ0) is 10.9. The van der Waals surface area contributed by atoms with Crippen LogP contribution in [0, 0.1) is 0 Å². The van der Waals surface area contributed by atoms with Crippen molar-refractivity contribution in [2.75, 3.05) is 25.1 Å². The fourth-order valence-electron chi connectivity index (χ4n) is 1.40. The molecular formula is C12H19NOS. The van der Waals surface area contributed by atoms with Gasteiger partial charge >= 0.3 is 0 Å². The van der Waals surface area contributed by atoms with E-state index >= 15 is 0 Å². The van der Waals surface area contributed by atoms with Gasteiger partial charge in [-0.2, -0.15) is 0 Å². The van der Waals surface area contributed by atoms with Crippen LogP contribution in [0.4, 0.5) is 0 Å². The molecule has 0 aliphatic heterocycles. The maximum atomic E-state index is 10.8. The van der Waals surface area contributed by atoms with Crippen molar-refractivity contribution in [2.24, 2.45) is 0 Å². The van der Waals surface area contributed by atoms with Gasteiger partial charge in [0.25, 0.3) is 0 Å². The first-order chi connectivity index (χ1) is 7.29. The molecule has 0 fully saturated rings. The highest BCUT2D eigenvalue weighted by Gasteiger charge is 1.93. The van der Waals surface area contributed by atoms with Gasteiger partial charge in [0.05, 0.1) is 0 Å². The van der Waals surface area contributed by atoms with E-state index in [1.165, 1.54) is 5.56 Å². The van der Waals surface area contributed by atoms with E-state index in [-0.39, 0.29) is 0 Å². The fourth-order valence-corrected chi connectivity index (χ4v) is 1.95. The lowest BCUT2D eigenvalue weighted by Gasteiger charge is -2.03. The first-order valence-electron chi connectivity index (χ1n) is 5.33. The summed E-state index contributed by atoms with van der Waals surface area (Å²) in [6.07, 6.45) is 3.82. The Morgan fingerprint density at radius 3 is 2.60 bits per heavy atom. The first-order valence-corrected chi connectivity index (χ1v) is 7.06. The summed E-state index contributed by atoms with van der Waals surface area (Å²) >= 11 is 0. The normalized spacial score (nSPS) is 12.6. The third-order valence-corrected chi connectivity index (χ3v) is 3.08. The summed E-state index contributed by atoms with van der Waals surface area (Å²) in [6.45, 7) is 1.97. The predicted molar refractivity (Wildman–Crippen MR) is 66.6 cm³/mol. The maximum absolute atomic E-state index is 10.8. The molecular weight excluding hydrogens is 206 g/mol.